The summed E-state index contributed by atoms with van der Waals surface area (Å²) in [5.41, 5.74) is 2.94. The maximum absolute atomic E-state index is 13.1. The molecular weight excluding hydrogens is 410 g/mol. The van der Waals surface area contributed by atoms with Crippen molar-refractivity contribution in [1.29, 1.82) is 0 Å². The number of carbonyl (C=O) groups is 2. The summed E-state index contributed by atoms with van der Waals surface area (Å²) in [5.74, 6) is -0.326. The summed E-state index contributed by atoms with van der Waals surface area (Å²) in [4.78, 5) is 32.0. The van der Waals surface area contributed by atoms with Gasteiger partial charge in [-0.05, 0) is 75.5 Å². The number of benzene rings is 2. The second-order valence-electron chi connectivity index (χ2n) is 9.04. The third-order valence-corrected chi connectivity index (χ3v) is 6.88. The Morgan fingerprint density at radius 2 is 1.74 bits per heavy atom. The molecule has 0 saturated carbocycles. The molecule has 2 amide bonds. The van der Waals surface area contributed by atoms with E-state index in [1.54, 1.807) is 30.7 Å². The topological polar surface area (TPSA) is 43.9 Å². The summed E-state index contributed by atoms with van der Waals surface area (Å²) < 4.78 is 0. The van der Waals surface area contributed by atoms with E-state index in [1.807, 2.05) is 25.1 Å². The number of nitrogens with zero attached hydrogens (tertiary/aromatic N) is 3. The molecule has 1 atom stereocenters. The minimum absolute atomic E-state index is 0.152. The minimum Gasteiger partial charge on any atom is -0.313 e. The number of hydrogen-bond acceptors (Lipinski definition) is 3. The molecule has 0 aromatic heterocycles. The summed E-state index contributed by atoms with van der Waals surface area (Å²) >= 11 is 6.07. The van der Waals surface area contributed by atoms with E-state index >= 15 is 0 Å². The molecule has 2 aromatic rings. The molecule has 1 unspecified atom stereocenters. The van der Waals surface area contributed by atoms with Crippen LogP contribution in [0.1, 0.15) is 50.8 Å². The number of anilines is 2. The minimum atomic E-state index is -1.08. The lowest BCUT2D eigenvalue weighted by molar-refractivity contribution is -0.137. The average molecular weight is 440 g/mol. The number of rotatable bonds is 4. The Morgan fingerprint density at radius 3 is 2.42 bits per heavy atom. The highest BCUT2D eigenvalue weighted by Gasteiger charge is 2.45. The van der Waals surface area contributed by atoms with Crippen LogP contribution in [0.3, 0.4) is 0 Å². The van der Waals surface area contributed by atoms with E-state index in [1.165, 1.54) is 5.56 Å². The Balaban J connectivity index is 1.65. The fraction of sp³-hybridized carbons (Fsp3) is 0.440. The van der Waals surface area contributed by atoms with Gasteiger partial charge in [-0.15, -0.1) is 0 Å². The number of likely N-dealkylation sites (tertiary alicyclic amines) is 1. The molecular formula is C25H30ClN3O2. The van der Waals surface area contributed by atoms with Crippen LogP contribution >= 0.6 is 11.6 Å². The maximum Gasteiger partial charge on any atom is 0.242 e. The van der Waals surface area contributed by atoms with Crippen molar-refractivity contribution >= 4 is 34.8 Å². The van der Waals surface area contributed by atoms with Gasteiger partial charge in [0.1, 0.15) is 5.41 Å². The predicted molar refractivity (Wildman–Crippen MR) is 125 cm³/mol. The van der Waals surface area contributed by atoms with Crippen LogP contribution in [0.5, 0.6) is 0 Å². The van der Waals surface area contributed by atoms with Crippen LogP contribution in [0, 0.1) is 5.41 Å². The molecule has 6 heteroatoms. The molecule has 1 saturated heterocycles. The lowest BCUT2D eigenvalue weighted by Crippen LogP contribution is -2.47. The van der Waals surface area contributed by atoms with Gasteiger partial charge in [0.15, 0.2) is 0 Å². The Labute approximate surface area is 189 Å². The van der Waals surface area contributed by atoms with Crippen molar-refractivity contribution < 1.29 is 9.59 Å². The highest BCUT2D eigenvalue weighted by molar-refractivity contribution is 6.30. The van der Waals surface area contributed by atoms with Crippen molar-refractivity contribution in [3.8, 4) is 0 Å². The van der Waals surface area contributed by atoms with Crippen LogP contribution in [-0.2, 0) is 16.1 Å². The van der Waals surface area contributed by atoms with E-state index in [2.05, 4.69) is 29.2 Å². The van der Waals surface area contributed by atoms with Crippen molar-refractivity contribution in [1.82, 2.24) is 4.90 Å². The van der Waals surface area contributed by atoms with Crippen LogP contribution in [0.25, 0.3) is 0 Å². The zero-order chi connectivity index (χ0) is 22.3. The third-order valence-electron chi connectivity index (χ3n) is 6.63. The standard InChI is InChI=1S/C25H30ClN3O2/c1-5-29-21-13-8-17(15-22(21)27(4)23(30)25(2,3)24(29)31)16-28-14-6-7-20(28)18-9-11-19(26)12-10-18/h8-13,15,20H,5-7,14,16H2,1-4H3. The summed E-state index contributed by atoms with van der Waals surface area (Å²) in [6, 6.07) is 14.6. The lowest BCUT2D eigenvalue weighted by atomic mass is 9.90. The largest absolute Gasteiger partial charge is 0.313 e. The molecule has 2 heterocycles. The molecule has 0 N–H and O–H groups in total. The number of amides is 2. The lowest BCUT2D eigenvalue weighted by Gasteiger charge is -2.27. The Bertz CT molecular complexity index is 1000. The Kier molecular flexibility index (Phi) is 5.84. The summed E-state index contributed by atoms with van der Waals surface area (Å²) in [6.07, 6.45) is 2.28. The second kappa shape index (κ2) is 8.29. The smallest absolute Gasteiger partial charge is 0.242 e. The van der Waals surface area contributed by atoms with Gasteiger partial charge < -0.3 is 9.80 Å². The van der Waals surface area contributed by atoms with Crippen LogP contribution in [-0.4, -0.2) is 36.9 Å². The van der Waals surface area contributed by atoms with Gasteiger partial charge in [-0.3, -0.25) is 14.5 Å². The van der Waals surface area contributed by atoms with Crippen LogP contribution < -0.4 is 9.80 Å². The first-order valence-corrected chi connectivity index (χ1v) is 11.3. The van der Waals surface area contributed by atoms with Gasteiger partial charge in [-0.1, -0.05) is 29.8 Å². The second-order valence-corrected chi connectivity index (χ2v) is 9.48. The molecule has 0 bridgehead atoms. The summed E-state index contributed by atoms with van der Waals surface area (Å²) in [6.45, 7) is 7.73. The van der Waals surface area contributed by atoms with Gasteiger partial charge in [0, 0.05) is 31.2 Å². The zero-order valence-corrected chi connectivity index (χ0v) is 19.4. The van der Waals surface area contributed by atoms with Crippen molar-refractivity contribution in [3.63, 3.8) is 0 Å². The number of halogens is 1. The van der Waals surface area contributed by atoms with E-state index in [4.69, 9.17) is 11.6 Å². The molecule has 4 rings (SSSR count). The molecule has 1 fully saturated rings. The Morgan fingerprint density at radius 1 is 1.03 bits per heavy atom. The average Bonchev–Trinajstić information content (AvgIpc) is 3.20. The van der Waals surface area contributed by atoms with E-state index in [9.17, 15) is 9.59 Å². The fourth-order valence-electron chi connectivity index (χ4n) is 4.86. The van der Waals surface area contributed by atoms with Gasteiger partial charge in [0.25, 0.3) is 0 Å². The van der Waals surface area contributed by atoms with Gasteiger partial charge in [-0.25, -0.2) is 0 Å². The van der Waals surface area contributed by atoms with E-state index in [0.29, 0.717) is 12.6 Å². The highest BCUT2D eigenvalue weighted by atomic mass is 35.5. The quantitative estimate of drug-likeness (QED) is 0.627. The van der Waals surface area contributed by atoms with Crippen molar-refractivity contribution in [2.75, 3.05) is 29.9 Å². The summed E-state index contributed by atoms with van der Waals surface area (Å²) in [7, 11) is 1.77. The zero-order valence-electron chi connectivity index (χ0n) is 18.7. The number of fused-ring (bicyclic) bond motifs is 1. The predicted octanol–water partition coefficient (Wildman–Crippen LogP) is 5.03. The monoisotopic (exact) mass is 439 g/mol. The van der Waals surface area contributed by atoms with E-state index in [0.717, 1.165) is 47.9 Å². The van der Waals surface area contributed by atoms with E-state index < -0.39 is 5.41 Å². The van der Waals surface area contributed by atoms with Crippen LogP contribution in [0.15, 0.2) is 42.5 Å². The summed E-state index contributed by atoms with van der Waals surface area (Å²) in [5, 5.41) is 0.754. The molecule has 0 aliphatic carbocycles. The molecule has 2 aromatic carbocycles. The van der Waals surface area contributed by atoms with Gasteiger partial charge in [0.2, 0.25) is 11.8 Å². The number of carbonyl (C=O) groups excluding carboxylic acids is 2. The first-order valence-electron chi connectivity index (χ1n) is 11.0. The van der Waals surface area contributed by atoms with Gasteiger partial charge in [-0.2, -0.15) is 0 Å². The molecule has 164 valence electrons. The molecule has 0 radical (unpaired) electrons. The van der Waals surface area contributed by atoms with Crippen LogP contribution in [0.4, 0.5) is 11.4 Å². The SMILES string of the molecule is CCN1C(=O)C(C)(C)C(=O)N(C)c2cc(CN3CCCC3c3ccc(Cl)cc3)ccc21. The third kappa shape index (κ3) is 3.85. The Hall–Kier alpha value is -2.37. The van der Waals surface area contributed by atoms with Crippen molar-refractivity contribution in [3.05, 3.63) is 58.6 Å². The first-order chi connectivity index (χ1) is 14.7. The number of hydrogen-bond donors (Lipinski definition) is 0. The maximum atomic E-state index is 13.1. The first kappa shape index (κ1) is 21.8. The molecule has 2 aliphatic heterocycles. The molecule has 5 nitrogen and oxygen atoms in total. The molecule has 0 spiro atoms. The normalized spacial score (nSPS) is 21.4. The molecule has 31 heavy (non-hydrogen) atoms. The van der Waals surface area contributed by atoms with Gasteiger partial charge in [0.05, 0.1) is 11.4 Å². The van der Waals surface area contributed by atoms with Crippen LogP contribution in [0.2, 0.25) is 5.02 Å². The van der Waals surface area contributed by atoms with E-state index in [-0.39, 0.29) is 11.8 Å². The van der Waals surface area contributed by atoms with Crippen molar-refractivity contribution in [2.45, 2.75) is 46.2 Å². The fourth-order valence-corrected chi connectivity index (χ4v) is 4.98. The molecule has 2 aliphatic rings. The van der Waals surface area contributed by atoms with Gasteiger partial charge >= 0.3 is 0 Å². The highest BCUT2D eigenvalue weighted by Crippen LogP contribution is 2.40. The van der Waals surface area contributed by atoms with Crippen molar-refractivity contribution in [2.24, 2.45) is 5.41 Å².